The molecule has 4 nitrogen and oxygen atoms in total. The minimum Gasteiger partial charge on any atom is -0.468 e. The van der Waals surface area contributed by atoms with E-state index in [0.717, 1.165) is 27.8 Å². The molecule has 5 rings (SSSR count). The van der Waals surface area contributed by atoms with Crippen LogP contribution in [0, 0.1) is 0 Å². The molecule has 1 atom stereocenters. The maximum atomic E-state index is 12.7. The summed E-state index contributed by atoms with van der Waals surface area (Å²) < 4.78 is 5.10. The van der Waals surface area contributed by atoms with Gasteiger partial charge in [-0.2, -0.15) is 0 Å². The van der Waals surface area contributed by atoms with Gasteiger partial charge in [0.1, 0.15) is 11.8 Å². The summed E-state index contributed by atoms with van der Waals surface area (Å²) in [6.07, 6.45) is 0.172. The standard InChI is InChI=1S/C25H21NO3/c1-29-24(28)23-15-18(27)16-26(23)25(17-9-3-2-4-10-17)21-13-7-5-11-19(21)20-12-6-8-14-22(20)25/h2-14,23H,15-16H2,1H3/t23-/m1/s1. The van der Waals surface area contributed by atoms with E-state index in [1.54, 1.807) is 0 Å². The summed E-state index contributed by atoms with van der Waals surface area (Å²) in [6.45, 7) is 0.206. The van der Waals surface area contributed by atoms with Crippen LogP contribution in [-0.4, -0.2) is 36.3 Å². The lowest BCUT2D eigenvalue weighted by Gasteiger charge is -2.43. The van der Waals surface area contributed by atoms with Gasteiger partial charge in [0, 0.05) is 6.42 Å². The molecule has 0 N–H and O–H groups in total. The summed E-state index contributed by atoms with van der Waals surface area (Å²) in [6, 6.07) is 26.1. The summed E-state index contributed by atoms with van der Waals surface area (Å²) in [5.74, 6) is -0.314. The highest BCUT2D eigenvalue weighted by Gasteiger charge is 2.55. The first-order chi connectivity index (χ1) is 14.2. The van der Waals surface area contributed by atoms with Gasteiger partial charge in [0.25, 0.3) is 0 Å². The third-order valence-corrected chi connectivity index (χ3v) is 6.16. The van der Waals surface area contributed by atoms with Crippen LogP contribution in [0.1, 0.15) is 23.1 Å². The number of likely N-dealkylation sites (tertiary alicyclic amines) is 1. The minimum absolute atomic E-state index is 0.0533. The first-order valence-electron chi connectivity index (χ1n) is 9.79. The molecule has 1 fully saturated rings. The van der Waals surface area contributed by atoms with Crippen molar-refractivity contribution in [2.45, 2.75) is 18.0 Å². The summed E-state index contributed by atoms with van der Waals surface area (Å²) in [4.78, 5) is 27.3. The normalized spacial score (nSPS) is 19.6. The molecule has 0 saturated carbocycles. The maximum Gasteiger partial charge on any atom is 0.323 e. The number of esters is 1. The van der Waals surface area contributed by atoms with Crippen molar-refractivity contribution in [1.29, 1.82) is 0 Å². The number of ether oxygens (including phenoxy) is 1. The molecule has 29 heavy (non-hydrogen) atoms. The Balaban J connectivity index is 1.87. The van der Waals surface area contributed by atoms with E-state index in [1.807, 2.05) is 47.4 Å². The fraction of sp³-hybridized carbons (Fsp3) is 0.200. The molecule has 0 aromatic heterocycles. The number of hydrogen-bond donors (Lipinski definition) is 0. The predicted octanol–water partition coefficient (Wildman–Crippen LogP) is 3.78. The van der Waals surface area contributed by atoms with Crippen molar-refractivity contribution in [3.63, 3.8) is 0 Å². The number of carbonyl (C=O) groups excluding carboxylic acids is 2. The molecule has 1 aliphatic heterocycles. The second kappa shape index (κ2) is 6.68. The highest BCUT2D eigenvalue weighted by Crippen LogP contribution is 2.55. The van der Waals surface area contributed by atoms with Crippen LogP contribution in [0.2, 0.25) is 0 Å². The Morgan fingerprint density at radius 3 is 2.03 bits per heavy atom. The topological polar surface area (TPSA) is 46.6 Å². The van der Waals surface area contributed by atoms with Gasteiger partial charge in [-0.15, -0.1) is 0 Å². The molecule has 0 spiro atoms. The van der Waals surface area contributed by atoms with Gasteiger partial charge < -0.3 is 4.74 Å². The number of hydrogen-bond acceptors (Lipinski definition) is 4. The number of carbonyl (C=O) groups is 2. The Morgan fingerprint density at radius 1 is 0.897 bits per heavy atom. The van der Waals surface area contributed by atoms with Crippen LogP contribution >= 0.6 is 0 Å². The van der Waals surface area contributed by atoms with Crippen molar-refractivity contribution in [2.24, 2.45) is 0 Å². The molecule has 0 radical (unpaired) electrons. The highest BCUT2D eigenvalue weighted by atomic mass is 16.5. The Kier molecular flexibility index (Phi) is 4.10. The number of benzene rings is 3. The van der Waals surface area contributed by atoms with Crippen LogP contribution in [0.15, 0.2) is 78.9 Å². The third kappa shape index (κ3) is 2.42. The first kappa shape index (κ1) is 17.8. The summed E-state index contributed by atoms with van der Waals surface area (Å²) in [5, 5.41) is 0. The Morgan fingerprint density at radius 2 is 1.45 bits per heavy atom. The maximum absolute atomic E-state index is 12.7. The highest BCUT2D eigenvalue weighted by molar-refractivity contribution is 5.93. The molecule has 2 aliphatic rings. The lowest BCUT2D eigenvalue weighted by atomic mass is 9.78. The van der Waals surface area contributed by atoms with Crippen LogP contribution in [0.3, 0.4) is 0 Å². The fourth-order valence-corrected chi connectivity index (χ4v) is 5.07. The average Bonchev–Trinajstić information content (AvgIpc) is 3.30. The smallest absolute Gasteiger partial charge is 0.323 e. The van der Waals surface area contributed by atoms with Crippen LogP contribution in [0.4, 0.5) is 0 Å². The minimum atomic E-state index is -0.723. The van der Waals surface area contributed by atoms with Crippen LogP contribution < -0.4 is 0 Å². The zero-order chi connectivity index (χ0) is 20.0. The van der Waals surface area contributed by atoms with Crippen molar-refractivity contribution >= 4 is 11.8 Å². The van der Waals surface area contributed by atoms with Gasteiger partial charge in [0.2, 0.25) is 0 Å². The van der Waals surface area contributed by atoms with E-state index >= 15 is 0 Å². The lowest BCUT2D eigenvalue weighted by molar-refractivity contribution is -0.147. The quantitative estimate of drug-likeness (QED) is 0.646. The van der Waals surface area contributed by atoms with Crippen LogP contribution in [0.5, 0.6) is 0 Å². The fourth-order valence-electron chi connectivity index (χ4n) is 5.07. The number of Topliss-reactive ketones (excluding diaryl/α,β-unsaturated/α-hetero) is 1. The molecular weight excluding hydrogens is 362 g/mol. The average molecular weight is 383 g/mol. The van der Waals surface area contributed by atoms with E-state index in [-0.39, 0.29) is 24.7 Å². The molecule has 3 aromatic carbocycles. The van der Waals surface area contributed by atoms with Crippen molar-refractivity contribution < 1.29 is 14.3 Å². The number of nitrogens with zero attached hydrogens (tertiary/aromatic N) is 1. The van der Waals surface area contributed by atoms with Gasteiger partial charge in [0.05, 0.1) is 19.2 Å². The van der Waals surface area contributed by atoms with Gasteiger partial charge in [-0.05, 0) is 27.8 Å². The van der Waals surface area contributed by atoms with Crippen molar-refractivity contribution in [3.8, 4) is 11.1 Å². The number of fused-ring (bicyclic) bond motifs is 3. The largest absolute Gasteiger partial charge is 0.468 e. The van der Waals surface area contributed by atoms with Gasteiger partial charge >= 0.3 is 5.97 Å². The molecule has 3 aromatic rings. The molecule has 1 heterocycles. The zero-order valence-electron chi connectivity index (χ0n) is 16.2. The van der Waals surface area contributed by atoms with Crippen LogP contribution in [0.25, 0.3) is 11.1 Å². The molecule has 1 saturated heterocycles. The van der Waals surface area contributed by atoms with E-state index in [0.29, 0.717) is 0 Å². The number of ketones is 1. The summed E-state index contributed by atoms with van der Waals surface area (Å²) in [7, 11) is 1.38. The molecule has 144 valence electrons. The van der Waals surface area contributed by atoms with Crippen LogP contribution in [-0.2, 0) is 19.9 Å². The van der Waals surface area contributed by atoms with Gasteiger partial charge in [-0.3, -0.25) is 14.5 Å². The van der Waals surface area contributed by atoms with Crippen molar-refractivity contribution in [3.05, 3.63) is 95.6 Å². The predicted molar refractivity (Wildman–Crippen MR) is 110 cm³/mol. The van der Waals surface area contributed by atoms with Crippen molar-refractivity contribution in [1.82, 2.24) is 4.90 Å². The summed E-state index contributed by atoms with van der Waals surface area (Å²) >= 11 is 0. The summed E-state index contributed by atoms with van der Waals surface area (Å²) in [5.41, 5.74) is 4.78. The Hall–Kier alpha value is -3.24. The molecule has 1 aliphatic carbocycles. The van der Waals surface area contributed by atoms with E-state index in [1.165, 1.54) is 7.11 Å². The molecule has 4 heteroatoms. The molecular formula is C25H21NO3. The number of rotatable bonds is 3. The SMILES string of the molecule is COC(=O)[C@H]1CC(=O)CN1C1(c2ccccc2)c2ccccc2-c2ccccc21. The second-order valence-electron chi connectivity index (χ2n) is 7.58. The number of methoxy groups -OCH3 is 1. The first-order valence-corrected chi connectivity index (χ1v) is 9.79. The molecule has 0 amide bonds. The monoisotopic (exact) mass is 383 g/mol. The van der Waals surface area contributed by atoms with Gasteiger partial charge in [-0.1, -0.05) is 78.9 Å². The molecule has 0 bridgehead atoms. The van der Waals surface area contributed by atoms with Crippen molar-refractivity contribution in [2.75, 3.05) is 13.7 Å². The third-order valence-electron chi connectivity index (χ3n) is 6.16. The second-order valence-corrected chi connectivity index (χ2v) is 7.58. The molecule has 0 unspecified atom stereocenters. The van der Waals surface area contributed by atoms with Gasteiger partial charge in [-0.25, -0.2) is 0 Å². The van der Waals surface area contributed by atoms with E-state index in [9.17, 15) is 9.59 Å². The zero-order valence-corrected chi connectivity index (χ0v) is 16.2. The Labute approximate surface area is 169 Å². The van der Waals surface area contributed by atoms with Gasteiger partial charge in [0.15, 0.2) is 0 Å². The van der Waals surface area contributed by atoms with E-state index in [4.69, 9.17) is 4.74 Å². The Bertz CT molecular complexity index is 1060. The lowest BCUT2D eigenvalue weighted by Crippen LogP contribution is -2.52. The van der Waals surface area contributed by atoms with E-state index < -0.39 is 11.6 Å². The van der Waals surface area contributed by atoms with E-state index in [2.05, 4.69) is 36.4 Å².